The first-order valence-corrected chi connectivity index (χ1v) is 21.5. The van der Waals surface area contributed by atoms with Gasteiger partial charge in [0.05, 0.1) is 36.9 Å². The number of aliphatic hydroxyl groups is 2. The molecule has 1 saturated carbocycles. The molecule has 0 aromatic heterocycles. The molecule has 6 unspecified atom stereocenters. The highest BCUT2D eigenvalue weighted by Crippen LogP contribution is 2.38. The van der Waals surface area contributed by atoms with E-state index in [-0.39, 0.29) is 19.6 Å². The van der Waals surface area contributed by atoms with Crippen LogP contribution in [0.2, 0.25) is 0 Å². The van der Waals surface area contributed by atoms with Gasteiger partial charge in [0.15, 0.2) is 18.4 Å². The van der Waals surface area contributed by atoms with E-state index in [4.69, 9.17) is 47.4 Å². The van der Waals surface area contributed by atoms with Gasteiger partial charge in [-0.2, -0.15) is 0 Å². The second kappa shape index (κ2) is 19.9. The summed E-state index contributed by atoms with van der Waals surface area (Å²) in [4.78, 5) is 52.0. The molecule has 3 heterocycles. The van der Waals surface area contributed by atoms with Gasteiger partial charge in [0.1, 0.15) is 52.9 Å². The molecule has 13 atom stereocenters. The van der Waals surface area contributed by atoms with Crippen molar-refractivity contribution in [1.29, 1.82) is 0 Å². The van der Waals surface area contributed by atoms with Crippen molar-refractivity contribution in [3.8, 4) is 0 Å². The smallest absolute Gasteiger partial charge is 0.408 e. The fourth-order valence-electron chi connectivity index (χ4n) is 7.55. The van der Waals surface area contributed by atoms with E-state index in [0.29, 0.717) is 12.8 Å². The Hall–Kier alpha value is -3.24. The molecule has 62 heavy (non-hydrogen) atoms. The number of hydrogen-bond acceptors (Lipinski definition) is 16. The molecule has 4 amide bonds. The van der Waals surface area contributed by atoms with Gasteiger partial charge < -0.3 is 78.8 Å². The van der Waals surface area contributed by atoms with Crippen molar-refractivity contribution in [3.05, 3.63) is 0 Å². The lowest BCUT2D eigenvalue weighted by atomic mass is 9.80. The van der Waals surface area contributed by atoms with E-state index in [1.54, 1.807) is 104 Å². The van der Waals surface area contributed by atoms with Crippen molar-refractivity contribution in [1.82, 2.24) is 21.3 Å². The molecule has 0 bridgehead atoms. The van der Waals surface area contributed by atoms with Gasteiger partial charge in [-0.15, -0.1) is 0 Å². The van der Waals surface area contributed by atoms with Gasteiger partial charge in [0.2, 0.25) is 0 Å². The average Bonchev–Trinajstić information content (AvgIpc) is 3.06. The Morgan fingerprint density at radius 3 is 1.69 bits per heavy atom. The number of nitrogens with one attached hydrogen (secondary N) is 4. The van der Waals surface area contributed by atoms with Crippen LogP contribution in [-0.2, 0) is 47.4 Å². The molecular weight excluding hydrogens is 816 g/mol. The zero-order valence-electron chi connectivity index (χ0n) is 39.2. The van der Waals surface area contributed by atoms with Crippen molar-refractivity contribution in [2.45, 2.75) is 225 Å². The molecular formula is C42H74N4O16. The second-order valence-electron chi connectivity index (χ2n) is 21.0. The maximum atomic E-state index is 13.3. The highest BCUT2D eigenvalue weighted by molar-refractivity contribution is 5.69. The number of carbonyl (C=O) groups is 4. The van der Waals surface area contributed by atoms with Gasteiger partial charge in [0.25, 0.3) is 0 Å². The second-order valence-corrected chi connectivity index (χ2v) is 21.0. The van der Waals surface area contributed by atoms with Crippen molar-refractivity contribution < 1.29 is 76.8 Å². The van der Waals surface area contributed by atoms with Crippen LogP contribution in [0.25, 0.3) is 0 Å². The summed E-state index contributed by atoms with van der Waals surface area (Å²) < 4.78 is 59.7. The van der Waals surface area contributed by atoms with Crippen molar-refractivity contribution in [2.24, 2.45) is 5.92 Å². The lowest BCUT2D eigenvalue weighted by Gasteiger charge is -2.52. The van der Waals surface area contributed by atoms with Crippen LogP contribution in [0.4, 0.5) is 19.2 Å². The lowest BCUT2D eigenvalue weighted by molar-refractivity contribution is -0.377. The van der Waals surface area contributed by atoms with Crippen molar-refractivity contribution in [2.75, 3.05) is 13.2 Å². The van der Waals surface area contributed by atoms with E-state index in [0.717, 1.165) is 0 Å². The standard InChI is InChI=1S/C42H74N4O16/c1-21-18-24(45-36(51)61-40(8,9)10)30(57-32-23(44-35(50)60-39(5,6)7)17-16-22(54-32)19-43-34(49)59-38(2,3)4)28(48)29(21)56-33-27(47)26(46-37(52)62-41(11,12)13)31-25(55-33)20-53-42(14,15)58-31/h21-33,47-48H,16-20H2,1-15H3,(H,43,49)(H,44,50)(H,45,51)(H,46,52)/t21-,22?,23?,24+,25?,26-,27?,28?,29-,30?,31+,32+,33+/m1/s1. The monoisotopic (exact) mass is 891 g/mol. The molecule has 0 radical (unpaired) electrons. The van der Waals surface area contributed by atoms with Crippen LogP contribution in [0.15, 0.2) is 0 Å². The normalized spacial score (nSPS) is 34.1. The molecule has 6 N–H and O–H groups in total. The number of alkyl carbamates (subject to hydrolysis) is 4. The molecule has 358 valence electrons. The van der Waals surface area contributed by atoms with Crippen molar-refractivity contribution in [3.63, 3.8) is 0 Å². The van der Waals surface area contributed by atoms with Crippen molar-refractivity contribution >= 4 is 24.4 Å². The maximum absolute atomic E-state index is 13.3. The fraction of sp³-hybridized carbons (Fsp3) is 0.905. The Balaban J connectivity index is 1.64. The quantitative estimate of drug-likeness (QED) is 0.178. The Morgan fingerprint density at radius 1 is 0.645 bits per heavy atom. The summed E-state index contributed by atoms with van der Waals surface area (Å²) in [5, 5.41) is 35.3. The van der Waals surface area contributed by atoms with E-state index in [2.05, 4.69) is 21.3 Å². The highest BCUT2D eigenvalue weighted by Gasteiger charge is 2.55. The summed E-state index contributed by atoms with van der Waals surface area (Å²) in [6.45, 7) is 25.9. The van der Waals surface area contributed by atoms with Gasteiger partial charge in [-0.3, -0.25) is 0 Å². The highest BCUT2D eigenvalue weighted by atomic mass is 16.8. The molecule has 20 heteroatoms. The first kappa shape index (κ1) is 51.4. The SMILES string of the molecule is C[C@@H]1C[C@H](NC(=O)OC(C)(C)C)C(O[C@@H]2OC(CNC(=O)OC(C)(C)C)CCC2NC(=O)OC(C)(C)C)C(O)[C@@H]1O[C@@H]1OC2COC(C)(C)O[C@@H]2[C@H](NC(=O)OC(C)(C)C)C1O. The van der Waals surface area contributed by atoms with Crippen LogP contribution in [0.5, 0.6) is 0 Å². The van der Waals surface area contributed by atoms with Crippen LogP contribution in [-0.4, -0.2) is 149 Å². The minimum atomic E-state index is -1.53. The van der Waals surface area contributed by atoms with Crippen LogP contribution in [0, 0.1) is 5.92 Å². The summed E-state index contributed by atoms with van der Waals surface area (Å²) in [6.07, 6.45) is -12.5. The molecule has 4 aliphatic rings. The molecule has 3 saturated heterocycles. The van der Waals surface area contributed by atoms with Crippen LogP contribution < -0.4 is 21.3 Å². The van der Waals surface area contributed by atoms with E-state index >= 15 is 0 Å². The predicted molar refractivity (Wildman–Crippen MR) is 221 cm³/mol. The Morgan fingerprint density at radius 2 is 1.15 bits per heavy atom. The van der Waals surface area contributed by atoms with E-state index < -0.39 is 132 Å². The molecule has 4 fully saturated rings. The molecule has 0 aromatic rings. The van der Waals surface area contributed by atoms with Crippen LogP contribution >= 0.6 is 0 Å². The van der Waals surface area contributed by atoms with Gasteiger partial charge in [0, 0.05) is 6.54 Å². The molecule has 1 aliphatic carbocycles. The zero-order valence-corrected chi connectivity index (χ0v) is 39.2. The molecule has 3 aliphatic heterocycles. The predicted octanol–water partition coefficient (Wildman–Crippen LogP) is 4.10. The summed E-state index contributed by atoms with van der Waals surface area (Å²) >= 11 is 0. The number of fused-ring (bicyclic) bond motifs is 1. The number of aliphatic hydroxyl groups excluding tert-OH is 2. The Labute approximate surface area is 365 Å². The summed E-state index contributed by atoms with van der Waals surface area (Å²) in [5.74, 6) is -1.58. The molecule has 0 spiro atoms. The van der Waals surface area contributed by atoms with Crippen LogP contribution in [0.3, 0.4) is 0 Å². The van der Waals surface area contributed by atoms with E-state index in [1.165, 1.54) is 0 Å². The van der Waals surface area contributed by atoms with Crippen LogP contribution in [0.1, 0.15) is 123 Å². The lowest BCUT2D eigenvalue weighted by Crippen LogP contribution is -2.70. The zero-order chi connectivity index (χ0) is 46.7. The third kappa shape index (κ3) is 15.8. The molecule has 0 aromatic carbocycles. The average molecular weight is 891 g/mol. The molecule has 20 nitrogen and oxygen atoms in total. The number of rotatable bonds is 9. The largest absolute Gasteiger partial charge is 0.444 e. The first-order valence-electron chi connectivity index (χ1n) is 21.5. The van der Waals surface area contributed by atoms with Gasteiger partial charge in [-0.25, -0.2) is 19.2 Å². The summed E-state index contributed by atoms with van der Waals surface area (Å²) in [5.41, 5.74) is -3.26. The molecule has 4 rings (SSSR count). The van der Waals surface area contributed by atoms with E-state index in [1.807, 2.05) is 0 Å². The maximum Gasteiger partial charge on any atom is 0.408 e. The van der Waals surface area contributed by atoms with Gasteiger partial charge in [-0.1, -0.05) is 6.92 Å². The number of amides is 4. The van der Waals surface area contributed by atoms with Gasteiger partial charge >= 0.3 is 24.4 Å². The number of hydrogen-bond donors (Lipinski definition) is 6. The number of carbonyl (C=O) groups excluding carboxylic acids is 4. The summed E-state index contributed by atoms with van der Waals surface area (Å²) in [6, 6.07) is -2.80. The fourth-order valence-corrected chi connectivity index (χ4v) is 7.55. The third-order valence-corrected chi connectivity index (χ3v) is 9.95. The van der Waals surface area contributed by atoms with Gasteiger partial charge in [-0.05, 0) is 122 Å². The van der Waals surface area contributed by atoms with E-state index in [9.17, 15) is 29.4 Å². The minimum Gasteiger partial charge on any atom is -0.444 e. The first-order chi connectivity index (χ1) is 28.3. The third-order valence-electron chi connectivity index (χ3n) is 9.95. The minimum absolute atomic E-state index is 0.0299. The Bertz CT molecular complexity index is 1540. The topological polar surface area (TPSA) is 249 Å². The summed E-state index contributed by atoms with van der Waals surface area (Å²) in [7, 11) is 0. The number of ether oxygens (including phenoxy) is 10. The Kier molecular flexibility index (Phi) is 16.5.